The van der Waals surface area contributed by atoms with Gasteiger partial charge in [-0.05, 0) is 32.0 Å². The van der Waals surface area contributed by atoms with E-state index in [4.69, 9.17) is 0 Å². The van der Waals surface area contributed by atoms with Crippen LogP contribution in [-0.2, 0) is 23.1 Å². The van der Waals surface area contributed by atoms with Crippen molar-refractivity contribution in [2.45, 2.75) is 38.0 Å². The molecule has 3 aromatic rings. The number of nitrogens with zero attached hydrogens (tertiary/aromatic N) is 3. The molecular weight excluding hydrogens is 475 g/mol. The van der Waals surface area contributed by atoms with Crippen LogP contribution in [0.25, 0.3) is 11.3 Å². The van der Waals surface area contributed by atoms with Crippen LogP contribution in [0.3, 0.4) is 0 Å². The lowest BCUT2D eigenvalue weighted by atomic mass is 10.2. The van der Waals surface area contributed by atoms with Gasteiger partial charge in [0.05, 0.1) is 17.8 Å². The third-order valence-corrected chi connectivity index (χ3v) is 7.55. The smallest absolute Gasteiger partial charge is 0.339 e. The lowest BCUT2D eigenvalue weighted by Crippen LogP contribution is -2.29. The van der Waals surface area contributed by atoms with Crippen LogP contribution in [0.5, 0.6) is 0 Å². The molecule has 12 heteroatoms. The maximum atomic E-state index is 12.8. The number of carbonyl (C=O) groups is 1. The van der Waals surface area contributed by atoms with Crippen molar-refractivity contribution in [3.63, 3.8) is 0 Å². The fourth-order valence-electron chi connectivity index (χ4n) is 3.50. The summed E-state index contributed by atoms with van der Waals surface area (Å²) in [4.78, 5) is 16.9. The van der Waals surface area contributed by atoms with Gasteiger partial charge in [0.1, 0.15) is 16.4 Å². The summed E-state index contributed by atoms with van der Waals surface area (Å²) in [6.45, 7) is 1.84. The molecule has 4 rings (SSSR count). The zero-order valence-electron chi connectivity index (χ0n) is 16.3. The molecule has 0 bridgehead atoms. The second kappa shape index (κ2) is 7.95. The first-order valence-electron chi connectivity index (χ1n) is 8.83. The van der Waals surface area contributed by atoms with Gasteiger partial charge in [-0.1, -0.05) is 12.1 Å². The van der Waals surface area contributed by atoms with Crippen molar-refractivity contribution in [3.05, 3.63) is 57.7 Å². The van der Waals surface area contributed by atoms with Gasteiger partial charge >= 0.3 is 6.18 Å². The van der Waals surface area contributed by atoms with Gasteiger partial charge in [0, 0.05) is 22.3 Å². The SMILES string of the molecule is Cc1cc(-c2csc(CN3C(=O)c4ccccc4S3(=O)=O)n2)c(C)n1CC(F)(F)F.Cl. The average Bonchev–Trinajstić information content (AvgIpc) is 3.29. The number of alkyl halides is 3. The Kier molecular flexibility index (Phi) is 5.98. The number of rotatable bonds is 4. The number of thiazole rings is 1. The molecular formula is C19H17ClF3N3O3S2. The van der Waals surface area contributed by atoms with Crippen LogP contribution in [0.2, 0.25) is 0 Å². The molecule has 0 fully saturated rings. The van der Waals surface area contributed by atoms with Gasteiger partial charge in [0.15, 0.2) is 0 Å². The zero-order valence-corrected chi connectivity index (χ0v) is 18.8. The zero-order chi connectivity index (χ0) is 21.8. The molecule has 2 aromatic heterocycles. The lowest BCUT2D eigenvalue weighted by molar-refractivity contribution is -0.141. The van der Waals surface area contributed by atoms with Crippen molar-refractivity contribution in [3.8, 4) is 11.3 Å². The fourth-order valence-corrected chi connectivity index (χ4v) is 5.89. The van der Waals surface area contributed by atoms with E-state index in [1.807, 2.05) is 0 Å². The van der Waals surface area contributed by atoms with Crippen LogP contribution < -0.4 is 0 Å². The van der Waals surface area contributed by atoms with Gasteiger partial charge < -0.3 is 4.57 Å². The van der Waals surface area contributed by atoms with Crippen LogP contribution in [0.15, 0.2) is 40.6 Å². The molecule has 6 nitrogen and oxygen atoms in total. The monoisotopic (exact) mass is 491 g/mol. The molecule has 1 aliphatic rings. The summed E-state index contributed by atoms with van der Waals surface area (Å²) in [6, 6.07) is 7.59. The normalized spacial score (nSPS) is 15.1. The molecule has 0 saturated carbocycles. The Bertz CT molecular complexity index is 1270. The van der Waals surface area contributed by atoms with Crippen molar-refractivity contribution in [2.75, 3.05) is 0 Å². The minimum atomic E-state index is -4.35. The number of benzene rings is 1. The maximum absolute atomic E-state index is 12.8. The second-order valence-electron chi connectivity index (χ2n) is 6.93. The third-order valence-electron chi connectivity index (χ3n) is 4.93. The van der Waals surface area contributed by atoms with Gasteiger partial charge in [-0.2, -0.15) is 13.2 Å². The first kappa shape index (κ1) is 23.3. The van der Waals surface area contributed by atoms with Crippen LogP contribution in [0.1, 0.15) is 26.8 Å². The van der Waals surface area contributed by atoms with Crippen molar-refractivity contribution in [1.29, 1.82) is 0 Å². The highest BCUT2D eigenvalue weighted by molar-refractivity contribution is 7.90. The molecule has 3 heterocycles. The van der Waals surface area contributed by atoms with Crippen molar-refractivity contribution < 1.29 is 26.4 Å². The highest BCUT2D eigenvalue weighted by atomic mass is 35.5. The number of halogens is 4. The summed E-state index contributed by atoms with van der Waals surface area (Å²) in [7, 11) is -3.96. The van der Waals surface area contributed by atoms with E-state index in [0.717, 1.165) is 15.6 Å². The molecule has 0 aliphatic carbocycles. The van der Waals surface area contributed by atoms with E-state index in [2.05, 4.69) is 4.98 Å². The first-order chi connectivity index (χ1) is 14.0. The Balaban J connectivity index is 0.00000272. The molecule has 31 heavy (non-hydrogen) atoms. The molecule has 0 atom stereocenters. The van der Waals surface area contributed by atoms with E-state index in [-0.39, 0.29) is 29.4 Å². The van der Waals surface area contributed by atoms with Gasteiger partial charge in [-0.25, -0.2) is 17.7 Å². The Hall–Kier alpha value is -2.37. The van der Waals surface area contributed by atoms with E-state index in [9.17, 15) is 26.4 Å². The molecule has 0 N–H and O–H groups in total. The predicted octanol–water partition coefficient (Wildman–Crippen LogP) is 4.56. The van der Waals surface area contributed by atoms with E-state index in [0.29, 0.717) is 27.7 Å². The minimum absolute atomic E-state index is 0. The summed E-state index contributed by atoms with van der Waals surface area (Å²) < 4.78 is 65.8. The topological polar surface area (TPSA) is 72.3 Å². The largest absolute Gasteiger partial charge is 0.406 e. The number of fused-ring (bicyclic) bond motifs is 1. The standard InChI is InChI=1S/C19H16F3N3O3S2.ClH/c1-11-7-14(12(2)24(11)10-19(20,21)22)15-9-29-17(23-15)8-25-18(26)13-5-3-4-6-16(13)30(25,27)28;/h3-7,9H,8,10H2,1-2H3;1H. The van der Waals surface area contributed by atoms with E-state index in [1.165, 1.54) is 16.7 Å². The summed E-state index contributed by atoms with van der Waals surface area (Å²) in [6.07, 6.45) is -4.35. The van der Waals surface area contributed by atoms with Gasteiger partial charge in [0.25, 0.3) is 15.9 Å². The number of carbonyl (C=O) groups excluding carboxylic acids is 1. The number of aromatic nitrogens is 2. The molecule has 166 valence electrons. The molecule has 0 unspecified atom stereocenters. The van der Waals surface area contributed by atoms with Gasteiger partial charge in [-0.15, -0.1) is 23.7 Å². The molecule has 1 amide bonds. The minimum Gasteiger partial charge on any atom is -0.339 e. The number of sulfonamides is 1. The highest BCUT2D eigenvalue weighted by Gasteiger charge is 2.41. The Labute approximate surface area is 186 Å². The average molecular weight is 492 g/mol. The van der Waals surface area contributed by atoms with Crippen LogP contribution in [0.4, 0.5) is 13.2 Å². The fraction of sp³-hybridized carbons (Fsp3) is 0.263. The Morgan fingerprint density at radius 2 is 1.81 bits per heavy atom. The number of aryl methyl sites for hydroxylation is 1. The number of hydrogen-bond donors (Lipinski definition) is 0. The van der Waals surface area contributed by atoms with Crippen molar-refractivity contribution in [2.24, 2.45) is 0 Å². The number of amides is 1. The first-order valence-corrected chi connectivity index (χ1v) is 11.2. The van der Waals surface area contributed by atoms with Crippen LogP contribution >= 0.6 is 23.7 Å². The van der Waals surface area contributed by atoms with Crippen LogP contribution in [-0.4, -0.2) is 34.4 Å². The van der Waals surface area contributed by atoms with E-state index >= 15 is 0 Å². The summed E-state index contributed by atoms with van der Waals surface area (Å²) in [5.74, 6) is -0.620. The van der Waals surface area contributed by atoms with E-state index < -0.39 is 28.7 Å². The second-order valence-corrected chi connectivity index (χ2v) is 9.70. The lowest BCUT2D eigenvalue weighted by Gasteiger charge is -2.13. The Morgan fingerprint density at radius 3 is 2.45 bits per heavy atom. The van der Waals surface area contributed by atoms with Gasteiger partial charge in [0.2, 0.25) is 0 Å². The molecule has 0 spiro atoms. The van der Waals surface area contributed by atoms with E-state index in [1.54, 1.807) is 37.4 Å². The molecule has 0 saturated heterocycles. The third kappa shape index (κ3) is 4.09. The summed E-state index contributed by atoms with van der Waals surface area (Å²) >= 11 is 1.15. The summed E-state index contributed by atoms with van der Waals surface area (Å²) in [5, 5.41) is 2.02. The van der Waals surface area contributed by atoms with Gasteiger partial charge in [-0.3, -0.25) is 4.79 Å². The Morgan fingerprint density at radius 1 is 1.13 bits per heavy atom. The maximum Gasteiger partial charge on any atom is 0.406 e. The van der Waals surface area contributed by atoms with Crippen molar-refractivity contribution >= 4 is 39.7 Å². The molecule has 0 radical (unpaired) electrons. The number of hydrogen-bond acceptors (Lipinski definition) is 5. The summed E-state index contributed by atoms with van der Waals surface area (Å²) in [5.41, 5.74) is 1.96. The molecule has 1 aliphatic heterocycles. The predicted molar refractivity (Wildman–Crippen MR) is 112 cm³/mol. The van der Waals surface area contributed by atoms with Crippen molar-refractivity contribution in [1.82, 2.24) is 13.9 Å². The quantitative estimate of drug-likeness (QED) is 0.536. The molecule has 1 aromatic carbocycles. The highest BCUT2D eigenvalue weighted by Crippen LogP contribution is 2.34. The van der Waals surface area contributed by atoms with Crippen LogP contribution in [0, 0.1) is 13.8 Å².